The number of hydrogen-bond donors (Lipinski definition) is 2. The van der Waals surface area contributed by atoms with Gasteiger partial charge in [0.1, 0.15) is 6.61 Å². The third-order valence-corrected chi connectivity index (χ3v) is 9.06. The molecule has 162 valence electrons. The number of carboxylic acids is 1. The zero-order valence-electron chi connectivity index (χ0n) is 18.3. The lowest BCUT2D eigenvalue weighted by Crippen LogP contribution is -2.47. The van der Waals surface area contributed by atoms with Crippen LogP contribution in [0.25, 0.3) is 11.1 Å². The van der Waals surface area contributed by atoms with E-state index in [-0.39, 0.29) is 24.0 Å². The number of carboxylic acid groups (broad SMARTS) is 1. The summed E-state index contributed by atoms with van der Waals surface area (Å²) in [5.74, 6) is -0.742. The van der Waals surface area contributed by atoms with Gasteiger partial charge in [0, 0.05) is 12.0 Å². The SMILES string of the molecule is CC12CCC(C(=O)O)(CC1NC(=O)OCC1c3ccccc3-c3ccccc31)C2(C)C. The minimum atomic E-state index is -0.789. The quantitative estimate of drug-likeness (QED) is 0.715. The molecule has 3 aliphatic carbocycles. The molecule has 2 aromatic rings. The molecule has 2 fully saturated rings. The molecular weight excluding hydrogens is 390 g/mol. The Hall–Kier alpha value is -2.82. The number of amides is 1. The zero-order chi connectivity index (χ0) is 22.0. The molecule has 0 heterocycles. The molecule has 0 aliphatic heterocycles. The van der Waals surface area contributed by atoms with Crippen LogP contribution in [-0.2, 0) is 9.53 Å². The van der Waals surface area contributed by atoms with E-state index in [0.29, 0.717) is 12.8 Å². The Labute approximate surface area is 182 Å². The second kappa shape index (κ2) is 6.59. The molecule has 31 heavy (non-hydrogen) atoms. The van der Waals surface area contributed by atoms with Crippen LogP contribution in [-0.4, -0.2) is 29.8 Å². The standard InChI is InChI=1S/C26H29NO4/c1-24(2)25(3)12-13-26(24,22(28)29)14-21(25)27-23(30)31-15-20-18-10-6-4-8-16(18)17-9-5-7-11-19(17)20/h4-11,20-21H,12-15H2,1-3H3,(H,27,30)(H,28,29). The Morgan fingerprint density at radius 2 is 1.58 bits per heavy atom. The van der Waals surface area contributed by atoms with Gasteiger partial charge >= 0.3 is 12.1 Å². The number of benzene rings is 2. The average Bonchev–Trinajstić information content (AvgIpc) is 3.23. The molecule has 5 nitrogen and oxygen atoms in total. The monoisotopic (exact) mass is 419 g/mol. The van der Waals surface area contributed by atoms with Gasteiger partial charge in [-0.15, -0.1) is 0 Å². The lowest BCUT2D eigenvalue weighted by Gasteiger charge is -2.40. The van der Waals surface area contributed by atoms with Gasteiger partial charge in [-0.1, -0.05) is 69.3 Å². The molecule has 2 bridgehead atoms. The van der Waals surface area contributed by atoms with Crippen LogP contribution >= 0.6 is 0 Å². The highest BCUT2D eigenvalue weighted by molar-refractivity contribution is 5.80. The molecule has 2 saturated carbocycles. The summed E-state index contributed by atoms with van der Waals surface area (Å²) in [7, 11) is 0. The van der Waals surface area contributed by atoms with Crippen molar-refractivity contribution in [1.29, 1.82) is 0 Å². The molecule has 1 amide bonds. The summed E-state index contributed by atoms with van der Waals surface area (Å²) in [5, 5.41) is 13.0. The number of carbonyl (C=O) groups excluding carboxylic acids is 1. The minimum absolute atomic E-state index is 0.00979. The van der Waals surface area contributed by atoms with Crippen LogP contribution in [0.3, 0.4) is 0 Å². The third-order valence-electron chi connectivity index (χ3n) is 9.06. The van der Waals surface area contributed by atoms with Gasteiger partial charge in [0.05, 0.1) is 5.41 Å². The fourth-order valence-corrected chi connectivity index (χ4v) is 6.64. The van der Waals surface area contributed by atoms with E-state index < -0.39 is 22.9 Å². The van der Waals surface area contributed by atoms with E-state index in [1.54, 1.807) is 0 Å². The number of aliphatic carboxylic acids is 1. The Morgan fingerprint density at radius 1 is 1.00 bits per heavy atom. The smallest absolute Gasteiger partial charge is 0.407 e. The van der Waals surface area contributed by atoms with Gasteiger partial charge < -0.3 is 15.2 Å². The second-order valence-electron chi connectivity index (χ2n) is 10.2. The largest absolute Gasteiger partial charge is 0.481 e. The van der Waals surface area contributed by atoms with Crippen molar-refractivity contribution in [2.45, 2.75) is 52.0 Å². The molecule has 0 spiro atoms. The van der Waals surface area contributed by atoms with Crippen LogP contribution in [0, 0.1) is 16.2 Å². The van der Waals surface area contributed by atoms with E-state index in [1.807, 2.05) is 38.1 Å². The lowest BCUT2D eigenvalue weighted by atomic mass is 9.65. The van der Waals surface area contributed by atoms with E-state index in [1.165, 1.54) is 22.3 Å². The number of fused-ring (bicyclic) bond motifs is 5. The van der Waals surface area contributed by atoms with Crippen LogP contribution in [0.15, 0.2) is 48.5 Å². The molecule has 3 unspecified atom stereocenters. The first kappa shape index (κ1) is 20.1. The first-order valence-corrected chi connectivity index (χ1v) is 11.1. The van der Waals surface area contributed by atoms with E-state index in [0.717, 1.165) is 6.42 Å². The van der Waals surface area contributed by atoms with Gasteiger partial charge in [0.15, 0.2) is 0 Å². The Morgan fingerprint density at radius 3 is 2.13 bits per heavy atom. The first-order valence-electron chi connectivity index (χ1n) is 11.1. The third kappa shape index (κ3) is 2.55. The highest BCUT2D eigenvalue weighted by atomic mass is 16.5. The van der Waals surface area contributed by atoms with Crippen LogP contribution in [0.2, 0.25) is 0 Å². The van der Waals surface area contributed by atoms with E-state index >= 15 is 0 Å². The number of carbonyl (C=O) groups is 2. The molecule has 0 aromatic heterocycles. The van der Waals surface area contributed by atoms with Gasteiger partial charge in [-0.3, -0.25) is 4.79 Å². The molecular formula is C26H29NO4. The molecule has 5 rings (SSSR count). The lowest BCUT2D eigenvalue weighted by molar-refractivity contribution is -0.154. The topological polar surface area (TPSA) is 75.6 Å². The second-order valence-corrected chi connectivity index (χ2v) is 10.2. The molecule has 3 aliphatic rings. The maximum absolute atomic E-state index is 12.8. The number of nitrogens with one attached hydrogen (secondary N) is 1. The Kier molecular flexibility index (Phi) is 4.27. The van der Waals surface area contributed by atoms with Crippen molar-refractivity contribution in [1.82, 2.24) is 5.32 Å². The van der Waals surface area contributed by atoms with Crippen molar-refractivity contribution >= 4 is 12.1 Å². The highest BCUT2D eigenvalue weighted by Crippen LogP contribution is 2.72. The Balaban J connectivity index is 1.31. The molecule has 3 atom stereocenters. The summed E-state index contributed by atoms with van der Waals surface area (Å²) >= 11 is 0. The van der Waals surface area contributed by atoms with Crippen molar-refractivity contribution in [3.05, 3.63) is 59.7 Å². The summed E-state index contributed by atoms with van der Waals surface area (Å²) in [6, 6.07) is 16.3. The molecule has 0 saturated heterocycles. The highest BCUT2D eigenvalue weighted by Gasteiger charge is 2.73. The summed E-state index contributed by atoms with van der Waals surface area (Å²) in [6.45, 7) is 6.44. The van der Waals surface area contributed by atoms with E-state index in [4.69, 9.17) is 4.74 Å². The van der Waals surface area contributed by atoms with E-state index in [2.05, 4.69) is 36.5 Å². The molecule has 0 radical (unpaired) electrons. The van der Waals surface area contributed by atoms with Gasteiger partial charge in [0.25, 0.3) is 0 Å². The van der Waals surface area contributed by atoms with Crippen molar-refractivity contribution in [3.63, 3.8) is 0 Å². The van der Waals surface area contributed by atoms with Gasteiger partial charge in [-0.05, 0) is 52.3 Å². The van der Waals surface area contributed by atoms with Crippen LogP contribution in [0.4, 0.5) is 4.79 Å². The number of hydrogen-bond acceptors (Lipinski definition) is 3. The summed E-state index contributed by atoms with van der Waals surface area (Å²) in [4.78, 5) is 25.0. The number of ether oxygens (including phenoxy) is 1. The van der Waals surface area contributed by atoms with Crippen molar-refractivity contribution in [2.75, 3.05) is 6.61 Å². The average molecular weight is 420 g/mol. The van der Waals surface area contributed by atoms with Crippen LogP contribution < -0.4 is 5.32 Å². The zero-order valence-corrected chi connectivity index (χ0v) is 18.3. The number of rotatable bonds is 4. The van der Waals surface area contributed by atoms with Crippen LogP contribution in [0.1, 0.15) is 57.1 Å². The predicted octanol–water partition coefficient (Wildman–Crippen LogP) is 5.19. The van der Waals surface area contributed by atoms with Gasteiger partial charge in [0.2, 0.25) is 0 Å². The van der Waals surface area contributed by atoms with Crippen molar-refractivity contribution in [2.24, 2.45) is 16.2 Å². The van der Waals surface area contributed by atoms with Crippen molar-refractivity contribution < 1.29 is 19.4 Å². The summed E-state index contributed by atoms with van der Waals surface area (Å²) < 4.78 is 5.72. The van der Waals surface area contributed by atoms with Gasteiger partial charge in [-0.25, -0.2) is 4.79 Å². The maximum atomic E-state index is 12.8. The summed E-state index contributed by atoms with van der Waals surface area (Å²) in [6.07, 6.45) is 1.45. The van der Waals surface area contributed by atoms with Crippen LogP contribution in [0.5, 0.6) is 0 Å². The molecule has 2 N–H and O–H groups in total. The first-order chi connectivity index (χ1) is 14.7. The fourth-order valence-electron chi connectivity index (χ4n) is 6.64. The normalized spacial score (nSPS) is 30.0. The Bertz CT molecular complexity index is 1030. The van der Waals surface area contributed by atoms with Gasteiger partial charge in [-0.2, -0.15) is 0 Å². The minimum Gasteiger partial charge on any atom is -0.481 e. The molecule has 5 heteroatoms. The van der Waals surface area contributed by atoms with Crippen molar-refractivity contribution in [3.8, 4) is 11.1 Å². The van der Waals surface area contributed by atoms with E-state index in [9.17, 15) is 14.7 Å². The molecule has 2 aromatic carbocycles. The predicted molar refractivity (Wildman–Crippen MR) is 118 cm³/mol. The fraction of sp³-hybridized carbons (Fsp3) is 0.462. The maximum Gasteiger partial charge on any atom is 0.407 e. The number of alkyl carbamates (subject to hydrolysis) is 1. The summed E-state index contributed by atoms with van der Waals surface area (Å²) in [5.41, 5.74) is 3.28.